The Hall–Kier alpha value is -10.5. The monoisotopic (exact) mass is 1270 g/mol. The second-order valence-corrected chi connectivity index (χ2v) is 22.2. The zero-order valence-electron chi connectivity index (χ0n) is 49.7. The van der Waals surface area contributed by atoms with Crippen molar-refractivity contribution in [2.24, 2.45) is 28.9 Å². The molecular weight excluding hydrogens is 1190 g/mol. The van der Waals surface area contributed by atoms with Crippen LogP contribution >= 0.6 is 0 Å². The number of phenolic OH excluding ortho intramolecular Hbond substituents is 1. The molecule has 5 rings (SSSR count). The van der Waals surface area contributed by atoms with Crippen LogP contribution in [0.3, 0.4) is 0 Å². The summed E-state index contributed by atoms with van der Waals surface area (Å²) in [6.45, 7) is 2.38. The van der Waals surface area contributed by atoms with Gasteiger partial charge in [-0.15, -0.1) is 0 Å². The number of aromatic amines is 1. The summed E-state index contributed by atoms with van der Waals surface area (Å²) in [4.78, 5) is 192. The van der Waals surface area contributed by atoms with Crippen molar-refractivity contribution in [3.05, 3.63) is 102 Å². The summed E-state index contributed by atoms with van der Waals surface area (Å²) in [6, 6.07) is 3.26. The Labute approximate surface area is 520 Å². The van der Waals surface area contributed by atoms with Gasteiger partial charge in [0.25, 0.3) is 0 Å². The van der Waals surface area contributed by atoms with E-state index in [2.05, 4.69) is 47.5 Å². The number of nitrogens with zero attached hydrogens (tertiary/aromatic N) is 1. The Morgan fingerprint density at radius 1 is 0.538 bits per heavy atom. The van der Waals surface area contributed by atoms with Crippen LogP contribution in [0.5, 0.6) is 5.75 Å². The number of aliphatic carboxylic acids is 2. The Morgan fingerprint density at radius 2 is 0.989 bits per heavy atom. The molecule has 32 nitrogen and oxygen atoms in total. The number of hydrogen-bond acceptors (Lipinski definition) is 17. The van der Waals surface area contributed by atoms with E-state index in [4.69, 9.17) is 28.0 Å². The molecule has 0 saturated carbocycles. The zero-order chi connectivity index (χ0) is 67.2. The van der Waals surface area contributed by atoms with Gasteiger partial charge in [-0.05, 0) is 60.1 Å². The van der Waals surface area contributed by atoms with Gasteiger partial charge < -0.3 is 95.8 Å². The fourth-order valence-corrected chi connectivity index (χ4v) is 9.94. The molecule has 0 unspecified atom stereocenters. The van der Waals surface area contributed by atoms with E-state index in [1.54, 1.807) is 68.4 Å². The third kappa shape index (κ3) is 21.9. The highest BCUT2D eigenvalue weighted by atomic mass is 16.4. The fourth-order valence-electron chi connectivity index (χ4n) is 9.94. The highest BCUT2D eigenvalue weighted by molar-refractivity contribution is 6.01. The van der Waals surface area contributed by atoms with Gasteiger partial charge in [0.1, 0.15) is 60.1 Å². The zero-order valence-corrected chi connectivity index (χ0v) is 49.7. The number of amides is 12. The van der Waals surface area contributed by atoms with E-state index in [1.165, 1.54) is 30.5 Å². The van der Waals surface area contributed by atoms with Gasteiger partial charge in [-0.1, -0.05) is 74.5 Å². The van der Waals surface area contributed by atoms with Gasteiger partial charge in [0, 0.05) is 42.9 Å². The topological polar surface area (TPSA) is 539 Å². The van der Waals surface area contributed by atoms with Gasteiger partial charge >= 0.3 is 11.9 Å². The van der Waals surface area contributed by atoms with Gasteiger partial charge in [0.15, 0.2) is 0 Å². The molecule has 3 aromatic carbocycles. The number of carboxylic acid groups (broad SMARTS) is 2. The van der Waals surface area contributed by atoms with Gasteiger partial charge in [0.05, 0.1) is 38.3 Å². The molecule has 0 aliphatic carbocycles. The summed E-state index contributed by atoms with van der Waals surface area (Å²) in [6.07, 6.45) is -2.78. The van der Waals surface area contributed by atoms with Crippen molar-refractivity contribution in [1.29, 1.82) is 0 Å². The number of rotatable bonds is 35. The van der Waals surface area contributed by atoms with Crippen LogP contribution in [0, 0.1) is 5.92 Å². The summed E-state index contributed by atoms with van der Waals surface area (Å²) in [5, 5.41) is 58.6. The van der Waals surface area contributed by atoms with E-state index < -0.39 is 188 Å². The van der Waals surface area contributed by atoms with Crippen molar-refractivity contribution in [1.82, 2.24) is 52.4 Å². The number of carboxylic acids is 2. The van der Waals surface area contributed by atoms with Crippen LogP contribution in [0.1, 0.15) is 75.5 Å². The minimum atomic E-state index is -1.99. The average Bonchev–Trinajstić information content (AvgIpc) is 1.91. The number of likely N-dealkylation sites (tertiary alicyclic amines) is 1. The van der Waals surface area contributed by atoms with E-state index >= 15 is 0 Å². The lowest BCUT2D eigenvalue weighted by atomic mass is 10.0. The number of H-pyrrole nitrogens is 1. The number of aromatic hydroxyl groups is 1. The van der Waals surface area contributed by atoms with E-state index in [-0.39, 0.29) is 49.5 Å². The maximum atomic E-state index is 14.6. The lowest BCUT2D eigenvalue weighted by Gasteiger charge is -2.31. The molecule has 2 heterocycles. The van der Waals surface area contributed by atoms with Crippen LogP contribution in [0.25, 0.3) is 10.9 Å². The molecule has 12 amide bonds. The van der Waals surface area contributed by atoms with Gasteiger partial charge in [-0.3, -0.25) is 62.3 Å². The van der Waals surface area contributed by atoms with Crippen molar-refractivity contribution in [3.8, 4) is 5.75 Å². The number of carbonyl (C=O) groups is 14. The fraction of sp³-hybridized carbons (Fsp3) is 0.424. The number of benzene rings is 3. The van der Waals surface area contributed by atoms with Crippen molar-refractivity contribution in [2.45, 2.75) is 138 Å². The van der Waals surface area contributed by atoms with E-state index in [0.29, 0.717) is 22.0 Å². The van der Waals surface area contributed by atoms with Crippen LogP contribution in [-0.4, -0.2) is 187 Å². The largest absolute Gasteiger partial charge is 0.508 e. The first-order valence-corrected chi connectivity index (χ1v) is 28.8. The SMILES string of the molecule is CC(C)C[C@H](NC(=O)[C@@H](N)CC(=O)O)C(=O)N1CCC[C@H]1C(=O)N[C@@H](CC(N)=O)C(=O)N[C@@H](Cc1ccc(O)cc1)C(=O)N[C@@H](CC(N)=O)C(=O)N[C@@H](Cc1c[nH]c2ccccc12)C(=O)N[C@@H](CC(N)=O)C(=O)N[C@@H](CO)C(=O)N[C@@H](Cc1ccccc1)C(=O)O. The van der Waals surface area contributed by atoms with Crippen molar-refractivity contribution in [2.75, 3.05) is 13.2 Å². The highest BCUT2D eigenvalue weighted by Crippen LogP contribution is 2.23. The van der Waals surface area contributed by atoms with E-state index in [9.17, 15) is 82.4 Å². The highest BCUT2D eigenvalue weighted by Gasteiger charge is 2.41. The number of phenols is 1. The quantitative estimate of drug-likeness (QED) is 0.0206. The molecule has 0 bridgehead atoms. The third-order valence-corrected chi connectivity index (χ3v) is 14.5. The van der Waals surface area contributed by atoms with Crippen molar-refractivity contribution < 1.29 is 87.5 Å². The molecule has 0 radical (unpaired) electrons. The summed E-state index contributed by atoms with van der Waals surface area (Å²) >= 11 is 0. The molecular formula is C59H76N14O18. The Balaban J connectivity index is 1.41. The number of para-hydroxylation sites is 1. The van der Waals surface area contributed by atoms with Crippen LogP contribution in [0.2, 0.25) is 0 Å². The van der Waals surface area contributed by atoms with Crippen LogP contribution in [0.15, 0.2) is 85.1 Å². The number of carbonyl (C=O) groups excluding carboxylic acids is 12. The number of fused-ring (bicyclic) bond motifs is 1. The number of primary amides is 3. The molecule has 32 heteroatoms. The maximum absolute atomic E-state index is 14.6. The smallest absolute Gasteiger partial charge is 0.326 e. The molecule has 490 valence electrons. The molecule has 0 spiro atoms. The van der Waals surface area contributed by atoms with Crippen molar-refractivity contribution in [3.63, 3.8) is 0 Å². The predicted octanol–water partition coefficient (Wildman–Crippen LogP) is -4.68. The molecule has 1 aliphatic rings. The Kier molecular flexibility index (Phi) is 26.4. The molecule has 1 fully saturated rings. The lowest BCUT2D eigenvalue weighted by molar-refractivity contribution is -0.143. The molecule has 1 aliphatic heterocycles. The lowest BCUT2D eigenvalue weighted by Crippen LogP contribution is -2.61. The number of nitrogens with two attached hydrogens (primary N) is 4. The summed E-state index contributed by atoms with van der Waals surface area (Å²) in [5.41, 5.74) is 24.1. The molecule has 21 N–H and O–H groups in total. The first-order chi connectivity index (χ1) is 43.0. The second-order valence-electron chi connectivity index (χ2n) is 22.2. The summed E-state index contributed by atoms with van der Waals surface area (Å²) in [7, 11) is 0. The molecule has 1 aromatic heterocycles. The molecule has 91 heavy (non-hydrogen) atoms. The third-order valence-electron chi connectivity index (χ3n) is 14.5. The van der Waals surface area contributed by atoms with Crippen LogP contribution < -0.4 is 65.5 Å². The first-order valence-electron chi connectivity index (χ1n) is 28.8. The van der Waals surface area contributed by atoms with Gasteiger partial charge in [-0.2, -0.15) is 0 Å². The van der Waals surface area contributed by atoms with Crippen molar-refractivity contribution >= 4 is 93.7 Å². The Morgan fingerprint density at radius 3 is 1.52 bits per heavy atom. The normalized spacial score (nSPS) is 15.7. The first kappa shape index (κ1) is 71.3. The van der Waals surface area contributed by atoms with E-state index in [0.717, 1.165) is 4.90 Å². The standard InChI is InChI=1S/C59H76N14O18/c1-29(2)19-42(70-50(81)35(60)23-49(79)80)58(89)73-18-8-13-45(73)57(88)69-41(26-48(63)78)54(85)65-37(20-31-14-16-33(75)17-15-31)51(82)67-39(24-46(61)76)53(84)66-38(22-32-27-64-36-12-7-6-11-34(32)36)52(83)68-40(25-47(62)77)55(86)72-44(28-74)56(87)71-43(59(90)91)21-30-9-4-3-5-10-30/h3-7,9-12,14-17,27,29,35,37-45,64,74-75H,8,13,18-26,28,60H2,1-2H3,(H2,61,76)(H2,62,77)(H2,63,78)(H,65,85)(H,66,84)(H,67,82)(H,68,83)(H,69,88)(H,70,81)(H,71,87)(H,72,86)(H,79,80)(H,90,91)/t35-,37-,38-,39-,40-,41-,42-,43-,44-,45-/m0/s1. The molecule has 10 atom stereocenters. The second kappa shape index (κ2) is 33.7. The predicted molar refractivity (Wildman–Crippen MR) is 320 cm³/mol. The number of aromatic nitrogens is 1. The number of aliphatic hydroxyl groups is 1. The molecule has 1 saturated heterocycles. The van der Waals surface area contributed by atoms with Crippen LogP contribution in [-0.2, 0) is 86.4 Å². The van der Waals surface area contributed by atoms with Gasteiger partial charge in [0.2, 0.25) is 70.9 Å². The summed E-state index contributed by atoms with van der Waals surface area (Å²) in [5.74, 6) is -16.7. The number of aliphatic hydroxyl groups excluding tert-OH is 1. The maximum Gasteiger partial charge on any atom is 0.326 e. The molecule has 4 aromatic rings. The van der Waals surface area contributed by atoms with Gasteiger partial charge in [-0.25, -0.2) is 4.79 Å². The minimum Gasteiger partial charge on any atom is -0.508 e. The van der Waals surface area contributed by atoms with Crippen LogP contribution in [0.4, 0.5) is 0 Å². The Bertz CT molecular complexity index is 3330. The average molecular weight is 1270 g/mol. The minimum absolute atomic E-state index is 0.00570. The summed E-state index contributed by atoms with van der Waals surface area (Å²) < 4.78 is 0. The number of hydrogen-bond donors (Lipinski definition) is 17. The van der Waals surface area contributed by atoms with E-state index in [1.807, 2.05) is 0 Å². The number of nitrogens with one attached hydrogen (secondary N) is 9.